The van der Waals surface area contributed by atoms with Gasteiger partial charge >= 0.3 is 5.97 Å². The van der Waals surface area contributed by atoms with E-state index in [-0.39, 0.29) is 12.5 Å². The van der Waals surface area contributed by atoms with Crippen LogP contribution in [0.2, 0.25) is 0 Å². The summed E-state index contributed by atoms with van der Waals surface area (Å²) < 4.78 is 9.93. The van der Waals surface area contributed by atoms with Gasteiger partial charge in [0.2, 0.25) is 0 Å². The maximum atomic E-state index is 12.0. The summed E-state index contributed by atoms with van der Waals surface area (Å²) in [5, 5.41) is 5.06. The van der Waals surface area contributed by atoms with E-state index in [4.69, 9.17) is 9.47 Å². The normalized spacial score (nSPS) is 10.0. The van der Waals surface area contributed by atoms with Crippen molar-refractivity contribution >= 4 is 23.5 Å². The van der Waals surface area contributed by atoms with Crippen LogP contribution in [0.5, 0.6) is 5.75 Å². The number of methoxy groups -OCH3 is 1. The van der Waals surface area contributed by atoms with Gasteiger partial charge in [-0.25, -0.2) is 0 Å². The van der Waals surface area contributed by atoms with Crippen molar-refractivity contribution in [1.29, 1.82) is 0 Å². The molecule has 0 atom stereocenters. The summed E-state index contributed by atoms with van der Waals surface area (Å²) >= 11 is 0. The molecular weight excluding hydrogens is 348 g/mol. The third-order valence-corrected chi connectivity index (χ3v) is 3.88. The fourth-order valence-electron chi connectivity index (χ4n) is 2.23. The molecule has 7 nitrogen and oxygen atoms in total. The smallest absolute Gasteiger partial charge is 0.325 e. The van der Waals surface area contributed by atoms with Crippen molar-refractivity contribution in [3.8, 4) is 5.75 Å². The predicted octanol–water partition coefficient (Wildman–Crippen LogP) is 2.22. The Morgan fingerprint density at radius 3 is 2.48 bits per heavy atom. The van der Waals surface area contributed by atoms with E-state index in [2.05, 4.69) is 10.6 Å². The molecule has 0 fully saturated rings. The second kappa shape index (κ2) is 9.38. The Morgan fingerprint density at radius 1 is 1.00 bits per heavy atom. The monoisotopic (exact) mass is 370 g/mol. The van der Waals surface area contributed by atoms with Crippen LogP contribution >= 0.6 is 0 Å². The minimum atomic E-state index is -0.701. The number of anilines is 1. The predicted molar refractivity (Wildman–Crippen MR) is 101 cm³/mol. The molecule has 0 bridgehead atoms. The number of benzene rings is 2. The molecule has 0 aromatic heterocycles. The van der Waals surface area contributed by atoms with E-state index in [1.807, 2.05) is 19.9 Å². The van der Waals surface area contributed by atoms with Crippen molar-refractivity contribution in [3.05, 3.63) is 59.2 Å². The average molecular weight is 370 g/mol. The Kier molecular flexibility index (Phi) is 6.93. The maximum absolute atomic E-state index is 12.0. The van der Waals surface area contributed by atoms with E-state index in [0.29, 0.717) is 17.0 Å². The van der Waals surface area contributed by atoms with Crippen LogP contribution in [-0.4, -0.2) is 38.0 Å². The first-order chi connectivity index (χ1) is 12.9. The molecule has 2 aromatic rings. The summed E-state index contributed by atoms with van der Waals surface area (Å²) in [5.41, 5.74) is 3.05. The number of carbonyl (C=O) groups excluding carboxylic acids is 3. The summed E-state index contributed by atoms with van der Waals surface area (Å²) in [6, 6.07) is 12.1. The Hall–Kier alpha value is -3.35. The number of ether oxygens (including phenoxy) is 2. The van der Waals surface area contributed by atoms with Crippen molar-refractivity contribution in [1.82, 2.24) is 5.32 Å². The van der Waals surface area contributed by atoms with Gasteiger partial charge in [0, 0.05) is 17.3 Å². The number of carbonyl (C=O) groups is 3. The molecule has 27 heavy (non-hydrogen) atoms. The highest BCUT2D eigenvalue weighted by Gasteiger charge is 2.11. The molecule has 0 unspecified atom stereocenters. The van der Waals surface area contributed by atoms with Crippen LogP contribution in [0.4, 0.5) is 5.69 Å². The highest BCUT2D eigenvalue weighted by Crippen LogP contribution is 2.16. The molecule has 2 aromatic carbocycles. The van der Waals surface area contributed by atoms with Gasteiger partial charge in [0.15, 0.2) is 6.61 Å². The number of nitrogens with one attached hydrogen (secondary N) is 2. The van der Waals surface area contributed by atoms with Gasteiger partial charge < -0.3 is 20.1 Å². The zero-order valence-corrected chi connectivity index (χ0v) is 15.5. The molecule has 0 aliphatic carbocycles. The standard InChI is InChI=1S/C20H22N2O5/c1-13-7-8-15(9-14(13)2)20(25)21-11-19(24)27-12-18(23)22-16-5-4-6-17(10-16)26-3/h4-10H,11-12H2,1-3H3,(H,21,25)(H,22,23). The van der Waals surface area contributed by atoms with Gasteiger partial charge in [0.1, 0.15) is 12.3 Å². The van der Waals surface area contributed by atoms with Gasteiger partial charge in [-0.05, 0) is 49.2 Å². The fraction of sp³-hybridized carbons (Fsp3) is 0.250. The maximum Gasteiger partial charge on any atom is 0.325 e. The quantitative estimate of drug-likeness (QED) is 0.729. The summed E-state index contributed by atoms with van der Waals surface area (Å²) in [6.07, 6.45) is 0. The van der Waals surface area contributed by atoms with E-state index < -0.39 is 18.5 Å². The van der Waals surface area contributed by atoms with Crippen molar-refractivity contribution in [3.63, 3.8) is 0 Å². The number of amides is 2. The van der Waals surface area contributed by atoms with Gasteiger partial charge in [0.05, 0.1) is 7.11 Å². The molecule has 2 N–H and O–H groups in total. The number of hydrogen-bond donors (Lipinski definition) is 2. The Bertz CT molecular complexity index is 848. The van der Waals surface area contributed by atoms with Gasteiger partial charge in [0.25, 0.3) is 11.8 Å². The zero-order chi connectivity index (χ0) is 19.8. The van der Waals surface area contributed by atoms with Crippen LogP contribution in [0.1, 0.15) is 21.5 Å². The summed E-state index contributed by atoms with van der Waals surface area (Å²) in [4.78, 5) is 35.6. The van der Waals surface area contributed by atoms with Crippen LogP contribution in [0, 0.1) is 13.8 Å². The lowest BCUT2D eigenvalue weighted by Crippen LogP contribution is -2.32. The van der Waals surface area contributed by atoms with Crippen LogP contribution < -0.4 is 15.4 Å². The first-order valence-electron chi connectivity index (χ1n) is 8.34. The molecule has 0 radical (unpaired) electrons. The van der Waals surface area contributed by atoms with Crippen LogP contribution in [0.15, 0.2) is 42.5 Å². The number of aryl methyl sites for hydroxylation is 2. The summed E-state index contributed by atoms with van der Waals surface area (Å²) in [6.45, 7) is 3.08. The van der Waals surface area contributed by atoms with E-state index in [1.165, 1.54) is 7.11 Å². The van der Waals surface area contributed by atoms with Crippen LogP contribution in [0.3, 0.4) is 0 Å². The topological polar surface area (TPSA) is 93.7 Å². The molecule has 0 saturated heterocycles. The minimum Gasteiger partial charge on any atom is -0.497 e. The third-order valence-electron chi connectivity index (χ3n) is 3.88. The molecule has 2 rings (SSSR count). The van der Waals surface area contributed by atoms with Crippen molar-refractivity contribution in [2.24, 2.45) is 0 Å². The summed E-state index contributed by atoms with van der Waals surface area (Å²) in [7, 11) is 1.52. The lowest BCUT2D eigenvalue weighted by molar-refractivity contribution is -0.146. The second-order valence-electron chi connectivity index (χ2n) is 5.92. The minimum absolute atomic E-state index is 0.321. The number of esters is 1. The van der Waals surface area contributed by atoms with Gasteiger partial charge in [-0.15, -0.1) is 0 Å². The van der Waals surface area contributed by atoms with Crippen molar-refractivity contribution in [2.45, 2.75) is 13.8 Å². The number of rotatable bonds is 7. The van der Waals surface area contributed by atoms with Gasteiger partial charge in [-0.3, -0.25) is 14.4 Å². The first kappa shape index (κ1) is 20.0. The molecule has 0 aliphatic rings. The van der Waals surface area contributed by atoms with E-state index >= 15 is 0 Å². The Morgan fingerprint density at radius 2 is 1.78 bits per heavy atom. The Balaban J connectivity index is 1.75. The Labute approximate surface area is 157 Å². The van der Waals surface area contributed by atoms with E-state index in [9.17, 15) is 14.4 Å². The molecule has 0 saturated carbocycles. The third kappa shape index (κ3) is 6.14. The average Bonchev–Trinajstić information content (AvgIpc) is 2.66. The van der Waals surface area contributed by atoms with Crippen LogP contribution in [0.25, 0.3) is 0 Å². The van der Waals surface area contributed by atoms with E-state index in [0.717, 1.165) is 11.1 Å². The first-order valence-corrected chi connectivity index (χ1v) is 8.34. The molecule has 2 amide bonds. The van der Waals surface area contributed by atoms with Gasteiger partial charge in [-0.2, -0.15) is 0 Å². The largest absolute Gasteiger partial charge is 0.497 e. The van der Waals surface area contributed by atoms with Crippen molar-refractivity contribution in [2.75, 3.05) is 25.6 Å². The zero-order valence-electron chi connectivity index (χ0n) is 15.5. The lowest BCUT2D eigenvalue weighted by atomic mass is 10.1. The van der Waals surface area contributed by atoms with Crippen LogP contribution in [-0.2, 0) is 14.3 Å². The molecule has 142 valence electrons. The molecular formula is C20H22N2O5. The molecule has 0 heterocycles. The highest BCUT2D eigenvalue weighted by atomic mass is 16.5. The highest BCUT2D eigenvalue weighted by molar-refractivity contribution is 5.96. The SMILES string of the molecule is COc1cccc(NC(=O)COC(=O)CNC(=O)c2ccc(C)c(C)c2)c1. The van der Waals surface area contributed by atoms with E-state index in [1.54, 1.807) is 36.4 Å². The molecule has 0 aliphatic heterocycles. The number of hydrogen-bond acceptors (Lipinski definition) is 5. The lowest BCUT2D eigenvalue weighted by Gasteiger charge is -2.09. The fourth-order valence-corrected chi connectivity index (χ4v) is 2.23. The summed E-state index contributed by atoms with van der Waals surface area (Å²) in [5.74, 6) is -0.972. The second-order valence-corrected chi connectivity index (χ2v) is 5.92. The van der Waals surface area contributed by atoms with Crippen molar-refractivity contribution < 1.29 is 23.9 Å². The molecule has 0 spiro atoms. The molecule has 7 heteroatoms. The van der Waals surface area contributed by atoms with Gasteiger partial charge in [-0.1, -0.05) is 12.1 Å².